The van der Waals surface area contributed by atoms with Crippen LogP contribution in [0.5, 0.6) is 0 Å². The number of benzene rings is 1. The summed E-state index contributed by atoms with van der Waals surface area (Å²) < 4.78 is 24.9. The van der Waals surface area contributed by atoms with E-state index in [0.717, 1.165) is 0 Å². The van der Waals surface area contributed by atoms with Gasteiger partial charge in [-0.3, -0.25) is 0 Å². The Balaban J connectivity index is 2.94. The van der Waals surface area contributed by atoms with Crippen molar-refractivity contribution in [1.29, 1.82) is 0 Å². The summed E-state index contributed by atoms with van der Waals surface area (Å²) in [6.07, 6.45) is -1.37. The van der Waals surface area contributed by atoms with Crippen molar-refractivity contribution in [1.82, 2.24) is 0 Å². The number of guanidine groups is 1. The molecule has 15 heavy (non-hydrogen) atoms. The predicted molar refractivity (Wildman–Crippen MR) is 54.8 cm³/mol. The van der Waals surface area contributed by atoms with Crippen molar-refractivity contribution in [3.8, 4) is 0 Å². The lowest BCUT2D eigenvalue weighted by Crippen LogP contribution is -2.21. The molecule has 0 bridgehead atoms. The second-order valence-electron chi connectivity index (χ2n) is 2.70. The van der Waals surface area contributed by atoms with Gasteiger partial charge in [0.05, 0.1) is 6.21 Å². The molecule has 0 aromatic heterocycles. The number of alkyl halides is 2. The summed E-state index contributed by atoms with van der Waals surface area (Å²) in [7, 11) is 0. The fourth-order valence-corrected chi connectivity index (χ4v) is 0.985. The first-order chi connectivity index (χ1) is 7.11. The van der Waals surface area contributed by atoms with E-state index in [1.807, 2.05) is 0 Å². The van der Waals surface area contributed by atoms with Crippen LogP contribution >= 0.6 is 0 Å². The Labute approximate surface area is 85.3 Å². The Morgan fingerprint density at radius 1 is 1.27 bits per heavy atom. The zero-order chi connectivity index (χ0) is 11.3. The molecule has 0 atom stereocenters. The highest BCUT2D eigenvalue weighted by atomic mass is 19.3. The van der Waals surface area contributed by atoms with Crippen LogP contribution in [0, 0.1) is 0 Å². The Morgan fingerprint density at radius 2 is 1.93 bits per heavy atom. The lowest BCUT2D eigenvalue weighted by Gasteiger charge is -2.02. The van der Waals surface area contributed by atoms with E-state index in [9.17, 15) is 8.78 Å². The highest BCUT2D eigenvalue weighted by Crippen LogP contribution is 2.21. The van der Waals surface area contributed by atoms with Crippen LogP contribution in [0.25, 0.3) is 0 Å². The van der Waals surface area contributed by atoms with Gasteiger partial charge in [0.2, 0.25) is 5.96 Å². The van der Waals surface area contributed by atoms with Gasteiger partial charge in [0, 0.05) is 11.1 Å². The third-order valence-corrected chi connectivity index (χ3v) is 1.60. The topological polar surface area (TPSA) is 76.8 Å². The van der Waals surface area contributed by atoms with Crippen molar-refractivity contribution in [2.45, 2.75) is 6.43 Å². The molecular weight excluding hydrogens is 202 g/mol. The van der Waals surface area contributed by atoms with Gasteiger partial charge in [-0.1, -0.05) is 24.3 Å². The van der Waals surface area contributed by atoms with Gasteiger partial charge >= 0.3 is 0 Å². The quantitative estimate of drug-likeness (QED) is 0.449. The summed E-state index contributed by atoms with van der Waals surface area (Å²) in [5.41, 5.74) is 10.2. The highest BCUT2D eigenvalue weighted by Gasteiger charge is 2.09. The largest absolute Gasteiger partial charge is 0.369 e. The maximum absolute atomic E-state index is 12.5. The summed E-state index contributed by atoms with van der Waals surface area (Å²) in [5, 5.41) is 6.78. The molecule has 4 N–H and O–H groups in total. The maximum atomic E-state index is 12.5. The normalized spacial score (nSPS) is 10.9. The molecule has 0 aliphatic rings. The molecule has 0 amide bonds. The van der Waals surface area contributed by atoms with Gasteiger partial charge < -0.3 is 11.5 Å². The second kappa shape index (κ2) is 5.04. The molecule has 0 aliphatic carbocycles. The third-order valence-electron chi connectivity index (χ3n) is 1.60. The molecule has 0 saturated carbocycles. The van der Waals surface area contributed by atoms with Crippen LogP contribution in [0.15, 0.2) is 34.5 Å². The summed E-state index contributed by atoms with van der Waals surface area (Å²) in [6.45, 7) is 0. The molecule has 6 heteroatoms. The summed E-state index contributed by atoms with van der Waals surface area (Å²) in [4.78, 5) is 0. The average Bonchev–Trinajstić information content (AvgIpc) is 2.17. The molecule has 0 spiro atoms. The molecule has 0 heterocycles. The molecule has 1 aromatic rings. The Hall–Kier alpha value is -1.98. The Bertz CT molecular complexity index is 383. The van der Waals surface area contributed by atoms with Crippen molar-refractivity contribution < 1.29 is 8.78 Å². The van der Waals surface area contributed by atoms with E-state index in [1.54, 1.807) is 6.07 Å². The summed E-state index contributed by atoms with van der Waals surface area (Å²) in [5.74, 6) is -0.222. The van der Waals surface area contributed by atoms with E-state index >= 15 is 0 Å². The molecule has 0 saturated heterocycles. The van der Waals surface area contributed by atoms with Gasteiger partial charge in [-0.25, -0.2) is 8.78 Å². The fraction of sp³-hybridized carbons (Fsp3) is 0.111. The number of hydrogen-bond acceptors (Lipinski definition) is 2. The smallest absolute Gasteiger partial charge is 0.264 e. The molecule has 80 valence electrons. The minimum absolute atomic E-state index is 0.105. The Kier molecular flexibility index (Phi) is 3.73. The third kappa shape index (κ3) is 3.34. The van der Waals surface area contributed by atoms with Crippen LogP contribution in [-0.4, -0.2) is 12.2 Å². The van der Waals surface area contributed by atoms with Gasteiger partial charge in [-0.05, 0) is 0 Å². The van der Waals surface area contributed by atoms with E-state index in [0.29, 0.717) is 0 Å². The van der Waals surface area contributed by atoms with E-state index in [4.69, 9.17) is 11.5 Å². The maximum Gasteiger partial charge on any atom is 0.264 e. The number of rotatable bonds is 3. The van der Waals surface area contributed by atoms with Crippen LogP contribution in [0.1, 0.15) is 17.6 Å². The first kappa shape index (κ1) is 11.1. The van der Waals surface area contributed by atoms with Gasteiger partial charge in [0.25, 0.3) is 6.43 Å². The SMILES string of the molecule is NC(N)=NN=Cc1ccccc1C(F)F. The van der Waals surface area contributed by atoms with Crippen LogP contribution in [0.2, 0.25) is 0 Å². The van der Waals surface area contributed by atoms with Gasteiger partial charge in [0.1, 0.15) is 0 Å². The highest BCUT2D eigenvalue weighted by molar-refractivity contribution is 5.83. The van der Waals surface area contributed by atoms with Crippen LogP contribution in [0.4, 0.5) is 8.78 Å². The molecule has 0 unspecified atom stereocenters. The van der Waals surface area contributed by atoms with Crippen LogP contribution in [-0.2, 0) is 0 Å². The standard InChI is InChI=1S/C9H10F2N4/c10-8(11)7-4-2-1-3-6(7)5-14-15-9(12)13/h1-5,8H,(H4,12,13,15). The first-order valence-electron chi connectivity index (χ1n) is 4.10. The van der Waals surface area contributed by atoms with Crippen molar-refractivity contribution in [3.05, 3.63) is 35.4 Å². The predicted octanol–water partition coefficient (Wildman–Crippen LogP) is 1.23. The zero-order valence-corrected chi connectivity index (χ0v) is 7.77. The molecule has 0 radical (unpaired) electrons. The number of nitrogens with two attached hydrogens (primary N) is 2. The fourth-order valence-electron chi connectivity index (χ4n) is 0.985. The van der Waals surface area contributed by atoms with Crippen LogP contribution < -0.4 is 11.5 Å². The van der Waals surface area contributed by atoms with Crippen LogP contribution in [0.3, 0.4) is 0 Å². The first-order valence-corrected chi connectivity index (χ1v) is 4.10. The molecule has 1 aromatic carbocycles. The van der Waals surface area contributed by atoms with Gasteiger partial charge in [0.15, 0.2) is 0 Å². The lowest BCUT2D eigenvalue weighted by molar-refractivity contribution is 0.151. The summed E-state index contributed by atoms with van der Waals surface area (Å²) >= 11 is 0. The molecule has 0 fully saturated rings. The van der Waals surface area contributed by atoms with Gasteiger partial charge in [-0.2, -0.15) is 5.10 Å². The van der Waals surface area contributed by atoms with Crippen molar-refractivity contribution in [2.24, 2.45) is 21.7 Å². The minimum Gasteiger partial charge on any atom is -0.369 e. The lowest BCUT2D eigenvalue weighted by atomic mass is 10.1. The van der Waals surface area contributed by atoms with Gasteiger partial charge in [-0.15, -0.1) is 5.10 Å². The van der Waals surface area contributed by atoms with E-state index < -0.39 is 6.43 Å². The van der Waals surface area contributed by atoms with Crippen molar-refractivity contribution in [2.75, 3.05) is 0 Å². The molecular formula is C9H10F2N4. The number of hydrogen-bond donors (Lipinski definition) is 2. The monoisotopic (exact) mass is 212 g/mol. The number of halogens is 2. The molecule has 4 nitrogen and oxygen atoms in total. The minimum atomic E-state index is -2.55. The van der Waals surface area contributed by atoms with Crippen molar-refractivity contribution in [3.63, 3.8) is 0 Å². The Morgan fingerprint density at radius 3 is 2.53 bits per heavy atom. The van der Waals surface area contributed by atoms with E-state index in [-0.39, 0.29) is 17.1 Å². The zero-order valence-electron chi connectivity index (χ0n) is 7.77. The number of nitrogens with zero attached hydrogens (tertiary/aromatic N) is 2. The molecule has 1 rings (SSSR count). The molecule has 0 aliphatic heterocycles. The van der Waals surface area contributed by atoms with E-state index in [2.05, 4.69) is 10.2 Å². The second-order valence-corrected chi connectivity index (χ2v) is 2.70. The average molecular weight is 212 g/mol. The summed E-state index contributed by atoms with van der Waals surface area (Å²) in [6, 6.07) is 5.98. The van der Waals surface area contributed by atoms with E-state index in [1.165, 1.54) is 24.4 Å². The van der Waals surface area contributed by atoms with Crippen molar-refractivity contribution >= 4 is 12.2 Å².